The van der Waals surface area contributed by atoms with Crippen LogP contribution >= 0.6 is 0 Å². The third kappa shape index (κ3) is 3.85. The molecule has 0 bridgehead atoms. The van der Waals surface area contributed by atoms with Gasteiger partial charge in [-0.05, 0) is 43.1 Å². The number of anilines is 1. The summed E-state index contributed by atoms with van der Waals surface area (Å²) >= 11 is 0. The molecule has 0 unspecified atom stereocenters. The number of piperidine rings is 1. The van der Waals surface area contributed by atoms with Crippen LogP contribution in [0.1, 0.15) is 25.3 Å². The first-order chi connectivity index (χ1) is 10.3. The van der Waals surface area contributed by atoms with Crippen LogP contribution in [-0.2, 0) is 6.54 Å². The van der Waals surface area contributed by atoms with Gasteiger partial charge in [0.25, 0.3) is 0 Å². The van der Waals surface area contributed by atoms with Crippen molar-refractivity contribution in [2.45, 2.75) is 32.4 Å². The van der Waals surface area contributed by atoms with Gasteiger partial charge in [-0.1, -0.05) is 19.1 Å². The molecular formula is C17H24N4. The molecule has 3 rings (SSSR count). The Morgan fingerprint density at radius 1 is 1.19 bits per heavy atom. The summed E-state index contributed by atoms with van der Waals surface area (Å²) in [4.78, 5) is 2.52. The molecule has 1 aromatic heterocycles. The van der Waals surface area contributed by atoms with Gasteiger partial charge >= 0.3 is 0 Å². The molecule has 1 saturated heterocycles. The van der Waals surface area contributed by atoms with E-state index >= 15 is 0 Å². The number of aromatic nitrogens is 2. The fourth-order valence-electron chi connectivity index (χ4n) is 2.92. The average Bonchev–Trinajstić information content (AvgIpc) is 3.03. The summed E-state index contributed by atoms with van der Waals surface area (Å²) in [5.74, 6) is 0. The van der Waals surface area contributed by atoms with Crippen LogP contribution in [0, 0.1) is 0 Å². The summed E-state index contributed by atoms with van der Waals surface area (Å²) < 4.78 is 1.95. The fourth-order valence-corrected chi connectivity index (χ4v) is 2.92. The summed E-state index contributed by atoms with van der Waals surface area (Å²) in [6, 6.07) is 11.3. The molecule has 4 heteroatoms. The Morgan fingerprint density at radius 2 is 1.95 bits per heavy atom. The number of rotatable bonds is 5. The molecule has 0 saturated carbocycles. The van der Waals surface area contributed by atoms with Crippen molar-refractivity contribution >= 4 is 5.69 Å². The lowest BCUT2D eigenvalue weighted by atomic mass is 10.0. The Kier molecular flexibility index (Phi) is 4.55. The highest BCUT2D eigenvalue weighted by molar-refractivity contribution is 5.45. The highest BCUT2D eigenvalue weighted by atomic mass is 15.3. The fraction of sp³-hybridized carbons (Fsp3) is 0.471. The number of hydrogen-bond acceptors (Lipinski definition) is 3. The van der Waals surface area contributed by atoms with Gasteiger partial charge < -0.3 is 10.2 Å². The van der Waals surface area contributed by atoms with E-state index in [4.69, 9.17) is 0 Å². The maximum Gasteiger partial charge on any atom is 0.0659 e. The second-order valence-electron chi connectivity index (χ2n) is 5.75. The lowest BCUT2D eigenvalue weighted by Gasteiger charge is -2.32. The molecule has 1 aliphatic rings. The van der Waals surface area contributed by atoms with E-state index in [0.29, 0.717) is 6.04 Å². The van der Waals surface area contributed by atoms with Gasteiger partial charge in [0.05, 0.1) is 6.54 Å². The van der Waals surface area contributed by atoms with Crippen LogP contribution in [0.15, 0.2) is 42.7 Å². The van der Waals surface area contributed by atoms with Gasteiger partial charge in [-0.3, -0.25) is 4.68 Å². The lowest BCUT2D eigenvalue weighted by molar-refractivity contribution is 0.229. The second-order valence-corrected chi connectivity index (χ2v) is 5.75. The van der Waals surface area contributed by atoms with Gasteiger partial charge in [0.2, 0.25) is 0 Å². The minimum absolute atomic E-state index is 0.616. The van der Waals surface area contributed by atoms with Gasteiger partial charge in [0.15, 0.2) is 0 Å². The number of nitrogens with zero attached hydrogens (tertiary/aromatic N) is 3. The molecule has 1 N–H and O–H groups in total. The first-order valence-corrected chi connectivity index (χ1v) is 7.89. The van der Waals surface area contributed by atoms with E-state index in [1.165, 1.54) is 43.7 Å². The van der Waals surface area contributed by atoms with Crippen LogP contribution in [0.4, 0.5) is 5.69 Å². The average molecular weight is 284 g/mol. The normalized spacial score (nSPS) is 17.0. The monoisotopic (exact) mass is 284 g/mol. The zero-order chi connectivity index (χ0) is 14.5. The maximum absolute atomic E-state index is 4.24. The maximum atomic E-state index is 4.24. The summed E-state index contributed by atoms with van der Waals surface area (Å²) in [7, 11) is 0. The molecule has 2 heterocycles. The number of hydrogen-bond donors (Lipinski definition) is 1. The number of benzene rings is 1. The van der Waals surface area contributed by atoms with E-state index in [2.05, 4.69) is 46.5 Å². The zero-order valence-corrected chi connectivity index (χ0v) is 12.7. The van der Waals surface area contributed by atoms with Gasteiger partial charge in [-0.2, -0.15) is 5.10 Å². The summed E-state index contributed by atoms with van der Waals surface area (Å²) in [6.07, 6.45) is 6.29. The zero-order valence-electron chi connectivity index (χ0n) is 12.7. The van der Waals surface area contributed by atoms with Crippen molar-refractivity contribution in [2.24, 2.45) is 0 Å². The Morgan fingerprint density at radius 3 is 2.57 bits per heavy atom. The number of likely N-dealkylation sites (tertiary alicyclic amines) is 1. The third-order valence-corrected chi connectivity index (χ3v) is 4.26. The van der Waals surface area contributed by atoms with E-state index in [9.17, 15) is 0 Å². The molecular weight excluding hydrogens is 260 g/mol. The van der Waals surface area contributed by atoms with Crippen LogP contribution in [0.2, 0.25) is 0 Å². The molecule has 4 nitrogen and oxygen atoms in total. The summed E-state index contributed by atoms with van der Waals surface area (Å²) in [5.41, 5.74) is 2.51. The molecule has 0 radical (unpaired) electrons. The smallest absolute Gasteiger partial charge is 0.0659 e. The van der Waals surface area contributed by atoms with Gasteiger partial charge in [-0.15, -0.1) is 0 Å². The SMILES string of the molecule is CCN1CCC(Nc2ccc(Cn3cccn3)cc2)CC1. The molecule has 0 aliphatic carbocycles. The summed E-state index contributed by atoms with van der Waals surface area (Å²) in [6.45, 7) is 6.68. The Balaban J connectivity index is 1.53. The van der Waals surface area contributed by atoms with Gasteiger partial charge in [0.1, 0.15) is 0 Å². The molecule has 1 fully saturated rings. The largest absolute Gasteiger partial charge is 0.382 e. The van der Waals surface area contributed by atoms with Crippen molar-refractivity contribution < 1.29 is 0 Å². The third-order valence-electron chi connectivity index (χ3n) is 4.26. The van der Waals surface area contributed by atoms with E-state index in [1.54, 1.807) is 0 Å². The molecule has 112 valence electrons. The van der Waals surface area contributed by atoms with Crippen molar-refractivity contribution in [1.29, 1.82) is 0 Å². The molecule has 0 amide bonds. The topological polar surface area (TPSA) is 33.1 Å². The van der Waals surface area contributed by atoms with E-state index in [-0.39, 0.29) is 0 Å². The van der Waals surface area contributed by atoms with Gasteiger partial charge in [0, 0.05) is 37.2 Å². The lowest BCUT2D eigenvalue weighted by Crippen LogP contribution is -2.38. The summed E-state index contributed by atoms with van der Waals surface area (Å²) in [5, 5.41) is 7.90. The van der Waals surface area contributed by atoms with Crippen LogP contribution in [0.3, 0.4) is 0 Å². The van der Waals surface area contributed by atoms with Crippen molar-refractivity contribution in [3.63, 3.8) is 0 Å². The van der Waals surface area contributed by atoms with Crippen molar-refractivity contribution in [1.82, 2.24) is 14.7 Å². The van der Waals surface area contributed by atoms with Crippen molar-refractivity contribution in [3.8, 4) is 0 Å². The van der Waals surface area contributed by atoms with E-state index in [1.807, 2.05) is 23.1 Å². The number of nitrogens with one attached hydrogen (secondary N) is 1. The predicted molar refractivity (Wildman–Crippen MR) is 86.5 cm³/mol. The molecule has 0 spiro atoms. The first kappa shape index (κ1) is 14.1. The highest BCUT2D eigenvalue weighted by Gasteiger charge is 2.17. The molecule has 2 aromatic rings. The molecule has 1 aliphatic heterocycles. The predicted octanol–water partition coefficient (Wildman–Crippen LogP) is 2.83. The Labute approximate surface area is 126 Å². The van der Waals surface area contributed by atoms with E-state index in [0.717, 1.165) is 6.54 Å². The van der Waals surface area contributed by atoms with Crippen molar-refractivity contribution in [3.05, 3.63) is 48.3 Å². The standard InChI is InChI=1S/C17H24N4/c1-2-20-12-8-17(9-13-20)19-16-6-4-15(5-7-16)14-21-11-3-10-18-21/h3-7,10-11,17,19H,2,8-9,12-14H2,1H3. The van der Waals surface area contributed by atoms with Crippen LogP contribution in [0.25, 0.3) is 0 Å². The van der Waals surface area contributed by atoms with Crippen molar-refractivity contribution in [2.75, 3.05) is 25.0 Å². The molecule has 0 atom stereocenters. The molecule has 21 heavy (non-hydrogen) atoms. The Bertz CT molecular complexity index is 524. The quantitative estimate of drug-likeness (QED) is 0.916. The Hall–Kier alpha value is -1.81. The van der Waals surface area contributed by atoms with Crippen LogP contribution in [0.5, 0.6) is 0 Å². The minimum Gasteiger partial charge on any atom is -0.382 e. The highest BCUT2D eigenvalue weighted by Crippen LogP contribution is 2.17. The van der Waals surface area contributed by atoms with E-state index < -0.39 is 0 Å². The second kappa shape index (κ2) is 6.76. The molecule has 1 aromatic carbocycles. The van der Waals surface area contributed by atoms with Crippen LogP contribution < -0.4 is 5.32 Å². The minimum atomic E-state index is 0.616. The van der Waals surface area contributed by atoms with Crippen LogP contribution in [-0.4, -0.2) is 40.4 Å². The first-order valence-electron chi connectivity index (χ1n) is 7.89. The van der Waals surface area contributed by atoms with Gasteiger partial charge in [-0.25, -0.2) is 0 Å².